The number of Topliss-reactive ketones (excluding diaryl/α,β-unsaturated/α-hetero) is 2. The van der Waals surface area contributed by atoms with E-state index in [-0.39, 0.29) is 30.3 Å². The summed E-state index contributed by atoms with van der Waals surface area (Å²) in [7, 11) is 3.23. The maximum absolute atomic E-state index is 13.3. The number of carbonyl (C=O) groups excluding carboxylic acids is 3. The van der Waals surface area contributed by atoms with Crippen LogP contribution >= 0.6 is 11.6 Å². The monoisotopic (exact) mass is 467 g/mol. The molecule has 2 aromatic rings. The molecular formula is C25H26ClN3O4. The molecule has 4 rings (SSSR count). The molecule has 1 aromatic carbocycles. The summed E-state index contributed by atoms with van der Waals surface area (Å²) in [5.74, 6) is 4.83. The van der Waals surface area contributed by atoms with E-state index in [0.717, 1.165) is 0 Å². The molecule has 172 valence electrons. The molecule has 2 aliphatic rings. The van der Waals surface area contributed by atoms with Crippen LogP contribution in [0, 0.1) is 17.3 Å². The van der Waals surface area contributed by atoms with Gasteiger partial charge in [-0.25, -0.2) is 0 Å². The third-order valence-corrected chi connectivity index (χ3v) is 7.08. The molecule has 1 aromatic heterocycles. The van der Waals surface area contributed by atoms with Crippen molar-refractivity contribution in [2.24, 2.45) is 12.5 Å². The summed E-state index contributed by atoms with van der Waals surface area (Å²) >= 11 is 6.50. The molecule has 0 bridgehead atoms. The van der Waals surface area contributed by atoms with Crippen molar-refractivity contribution in [3.63, 3.8) is 0 Å². The molecule has 2 heterocycles. The van der Waals surface area contributed by atoms with Gasteiger partial charge in [0.05, 0.1) is 7.11 Å². The van der Waals surface area contributed by atoms with Crippen molar-refractivity contribution in [2.75, 3.05) is 20.2 Å². The van der Waals surface area contributed by atoms with E-state index in [9.17, 15) is 14.4 Å². The molecule has 7 nitrogen and oxygen atoms in total. The number of ketones is 2. The Morgan fingerprint density at radius 2 is 1.88 bits per heavy atom. The zero-order valence-electron chi connectivity index (χ0n) is 19.0. The molecular weight excluding hydrogens is 442 g/mol. The van der Waals surface area contributed by atoms with Gasteiger partial charge < -0.3 is 9.64 Å². The van der Waals surface area contributed by atoms with Crippen LogP contribution in [0.3, 0.4) is 0 Å². The fourth-order valence-electron chi connectivity index (χ4n) is 5.05. The molecule has 33 heavy (non-hydrogen) atoms. The smallest absolute Gasteiger partial charge is 0.272 e. The van der Waals surface area contributed by atoms with Crippen LogP contribution in [0.1, 0.15) is 60.1 Å². The second-order valence-electron chi connectivity index (χ2n) is 8.80. The van der Waals surface area contributed by atoms with Gasteiger partial charge in [0.2, 0.25) is 0 Å². The number of hydrogen-bond acceptors (Lipinski definition) is 5. The topological polar surface area (TPSA) is 81.5 Å². The van der Waals surface area contributed by atoms with Gasteiger partial charge in [0.25, 0.3) is 5.91 Å². The minimum Gasteiger partial charge on any atom is -0.496 e. The highest BCUT2D eigenvalue weighted by molar-refractivity contribution is 6.32. The second kappa shape index (κ2) is 9.03. The van der Waals surface area contributed by atoms with E-state index >= 15 is 0 Å². The number of rotatable bonds is 3. The van der Waals surface area contributed by atoms with E-state index in [4.69, 9.17) is 16.3 Å². The molecule has 2 fully saturated rings. The van der Waals surface area contributed by atoms with Gasteiger partial charge in [-0.1, -0.05) is 17.5 Å². The van der Waals surface area contributed by atoms with Gasteiger partial charge in [-0.05, 0) is 43.4 Å². The average molecular weight is 468 g/mol. The third kappa shape index (κ3) is 4.28. The first kappa shape index (κ1) is 23.1. The minimum atomic E-state index is -0.934. The van der Waals surface area contributed by atoms with Crippen LogP contribution in [0.4, 0.5) is 0 Å². The van der Waals surface area contributed by atoms with Crippen LogP contribution in [0.5, 0.6) is 5.75 Å². The molecule has 1 saturated heterocycles. The summed E-state index contributed by atoms with van der Waals surface area (Å²) in [5.41, 5.74) is 1.20. The van der Waals surface area contributed by atoms with Gasteiger partial charge >= 0.3 is 0 Å². The summed E-state index contributed by atoms with van der Waals surface area (Å²) in [6.07, 6.45) is 3.38. The van der Waals surface area contributed by atoms with Crippen molar-refractivity contribution in [1.82, 2.24) is 14.7 Å². The SMILES string of the molecule is CC#Cc1cc(Cl)c(C2C(=O)CC3(CCN(C(=O)c4ccnn4C)CC3)CC2=O)c(OC)c1. The number of piperidine rings is 1. The Morgan fingerprint density at radius 3 is 2.42 bits per heavy atom. The standard InChI is InChI=1S/C25H26ClN3O4/c1-4-5-16-12-17(26)22(21(13-16)33-3)23-19(30)14-25(15-20(23)31)7-10-29(11-8-25)24(32)18-6-9-27-28(18)2/h6,9,12-13,23H,7-8,10-11,14-15H2,1-3H3. The summed E-state index contributed by atoms with van der Waals surface area (Å²) in [6.45, 7) is 2.73. The van der Waals surface area contributed by atoms with E-state index in [1.807, 2.05) is 0 Å². The van der Waals surface area contributed by atoms with Crippen LogP contribution < -0.4 is 4.74 Å². The quantitative estimate of drug-likeness (QED) is 0.510. The summed E-state index contributed by atoms with van der Waals surface area (Å²) in [5, 5.41) is 4.37. The molecule has 8 heteroatoms. The Labute approximate surface area is 198 Å². The number of amides is 1. The number of hydrogen-bond donors (Lipinski definition) is 0. The molecule has 0 atom stereocenters. The number of ether oxygens (including phenoxy) is 1. The number of benzene rings is 1. The Hall–Kier alpha value is -3.11. The Balaban J connectivity index is 1.52. The van der Waals surface area contributed by atoms with Crippen molar-refractivity contribution in [2.45, 2.75) is 38.5 Å². The van der Waals surface area contributed by atoms with Crippen LogP contribution in [0.15, 0.2) is 24.4 Å². The largest absolute Gasteiger partial charge is 0.496 e. The van der Waals surface area contributed by atoms with E-state index in [2.05, 4.69) is 16.9 Å². The first-order valence-electron chi connectivity index (χ1n) is 10.9. The fraction of sp³-hybridized carbons (Fsp3) is 0.440. The van der Waals surface area contributed by atoms with Crippen molar-refractivity contribution >= 4 is 29.1 Å². The second-order valence-corrected chi connectivity index (χ2v) is 9.21. The Morgan fingerprint density at radius 1 is 1.21 bits per heavy atom. The highest BCUT2D eigenvalue weighted by atomic mass is 35.5. The molecule has 0 unspecified atom stereocenters. The minimum absolute atomic E-state index is 0.0806. The highest BCUT2D eigenvalue weighted by Gasteiger charge is 2.48. The van der Waals surface area contributed by atoms with Gasteiger partial charge in [-0.3, -0.25) is 19.1 Å². The zero-order chi connectivity index (χ0) is 23.8. The molecule has 0 radical (unpaired) electrons. The average Bonchev–Trinajstić information content (AvgIpc) is 3.20. The molecule has 1 aliphatic heterocycles. The number of carbonyl (C=O) groups is 3. The lowest BCUT2D eigenvalue weighted by atomic mass is 9.63. The third-order valence-electron chi connectivity index (χ3n) is 6.76. The predicted molar refractivity (Wildman–Crippen MR) is 123 cm³/mol. The predicted octanol–water partition coefficient (Wildman–Crippen LogP) is 3.39. The summed E-state index contributed by atoms with van der Waals surface area (Å²) < 4.78 is 7.03. The Bertz CT molecular complexity index is 1160. The van der Waals surface area contributed by atoms with Crippen LogP contribution in [-0.2, 0) is 16.6 Å². The lowest BCUT2D eigenvalue weighted by Crippen LogP contribution is -2.48. The number of nitrogens with zero attached hydrogens (tertiary/aromatic N) is 3. The van der Waals surface area contributed by atoms with Gasteiger partial charge in [0, 0.05) is 55.3 Å². The lowest BCUT2D eigenvalue weighted by Gasteiger charge is -2.44. The maximum Gasteiger partial charge on any atom is 0.272 e. The number of aryl methyl sites for hydroxylation is 1. The van der Waals surface area contributed by atoms with E-state index in [1.54, 1.807) is 47.9 Å². The van der Waals surface area contributed by atoms with Gasteiger partial charge in [0.15, 0.2) is 0 Å². The first-order chi connectivity index (χ1) is 15.8. The van der Waals surface area contributed by atoms with Crippen molar-refractivity contribution in [1.29, 1.82) is 0 Å². The van der Waals surface area contributed by atoms with E-state index in [0.29, 0.717) is 53.5 Å². The fourth-order valence-corrected chi connectivity index (χ4v) is 5.37. The van der Waals surface area contributed by atoms with Crippen molar-refractivity contribution < 1.29 is 19.1 Å². The molecule has 1 spiro atoms. The molecule has 1 saturated carbocycles. The lowest BCUT2D eigenvalue weighted by molar-refractivity contribution is -0.138. The van der Waals surface area contributed by atoms with Crippen LogP contribution in [-0.4, -0.2) is 52.4 Å². The number of methoxy groups -OCH3 is 1. The summed E-state index contributed by atoms with van der Waals surface area (Å²) in [4.78, 5) is 41.2. The van der Waals surface area contributed by atoms with E-state index in [1.165, 1.54) is 7.11 Å². The van der Waals surface area contributed by atoms with Crippen molar-refractivity contribution in [3.05, 3.63) is 46.2 Å². The number of aromatic nitrogens is 2. The van der Waals surface area contributed by atoms with E-state index < -0.39 is 11.3 Å². The summed E-state index contributed by atoms with van der Waals surface area (Å²) in [6, 6.07) is 5.08. The van der Waals surface area contributed by atoms with Gasteiger partial charge in [-0.2, -0.15) is 5.10 Å². The molecule has 1 amide bonds. The normalized spacial score (nSPS) is 18.2. The maximum atomic E-state index is 13.3. The van der Waals surface area contributed by atoms with Crippen molar-refractivity contribution in [3.8, 4) is 17.6 Å². The molecule has 1 aliphatic carbocycles. The first-order valence-corrected chi connectivity index (χ1v) is 11.3. The van der Waals surface area contributed by atoms with Gasteiger partial charge in [-0.15, -0.1) is 5.92 Å². The van der Waals surface area contributed by atoms with Crippen LogP contribution in [0.2, 0.25) is 5.02 Å². The number of likely N-dealkylation sites (tertiary alicyclic amines) is 1. The zero-order valence-corrected chi connectivity index (χ0v) is 19.7. The van der Waals surface area contributed by atoms with Gasteiger partial charge in [0.1, 0.15) is 28.9 Å². The Kier molecular flexibility index (Phi) is 6.31. The molecule has 0 N–H and O–H groups in total. The van der Waals surface area contributed by atoms with Crippen LogP contribution in [0.25, 0.3) is 0 Å². The number of halogens is 1. The highest BCUT2D eigenvalue weighted by Crippen LogP contribution is 2.48.